The molecule has 0 spiro atoms. The van der Waals surface area contributed by atoms with Crippen molar-refractivity contribution in [2.45, 2.75) is 19.8 Å². The lowest BCUT2D eigenvalue weighted by Gasteiger charge is -2.10. The summed E-state index contributed by atoms with van der Waals surface area (Å²) in [5, 5.41) is 8.48. The molecule has 0 bridgehead atoms. The van der Waals surface area contributed by atoms with Crippen LogP contribution in [0.2, 0.25) is 0 Å². The Bertz CT molecular complexity index is 881. The molecule has 2 aromatic rings. The first-order valence-electron chi connectivity index (χ1n) is 8.84. The van der Waals surface area contributed by atoms with Crippen molar-refractivity contribution in [3.63, 3.8) is 0 Å². The van der Waals surface area contributed by atoms with E-state index in [4.69, 9.17) is 17.0 Å². The van der Waals surface area contributed by atoms with Crippen LogP contribution in [0.5, 0.6) is 5.75 Å². The van der Waals surface area contributed by atoms with Crippen molar-refractivity contribution in [3.8, 4) is 5.75 Å². The second kappa shape index (κ2) is 10.8. The Balaban J connectivity index is 1.92. The fourth-order valence-corrected chi connectivity index (χ4v) is 2.63. The van der Waals surface area contributed by atoms with Crippen LogP contribution in [0.4, 0.5) is 11.4 Å². The molecule has 6 nitrogen and oxygen atoms in total. The van der Waals surface area contributed by atoms with Crippen molar-refractivity contribution in [2.75, 3.05) is 17.7 Å². The Labute approximate surface area is 170 Å². The Hall–Kier alpha value is -3.19. The molecule has 2 rings (SSSR count). The molecule has 0 atom stereocenters. The van der Waals surface area contributed by atoms with Gasteiger partial charge in [-0.15, -0.1) is 0 Å². The van der Waals surface area contributed by atoms with Crippen LogP contribution in [0.3, 0.4) is 0 Å². The lowest BCUT2D eigenvalue weighted by Crippen LogP contribution is -2.32. The lowest BCUT2D eigenvalue weighted by molar-refractivity contribution is -0.116. The van der Waals surface area contributed by atoms with Gasteiger partial charge >= 0.3 is 0 Å². The Morgan fingerprint density at radius 3 is 2.50 bits per heavy atom. The molecule has 146 valence electrons. The van der Waals surface area contributed by atoms with Crippen molar-refractivity contribution in [1.29, 1.82) is 0 Å². The van der Waals surface area contributed by atoms with Gasteiger partial charge in [-0.1, -0.05) is 31.2 Å². The average molecular weight is 398 g/mol. The second-order valence-corrected chi connectivity index (χ2v) is 6.31. The minimum Gasteiger partial charge on any atom is -0.496 e. The van der Waals surface area contributed by atoms with Gasteiger partial charge in [-0.25, -0.2) is 0 Å². The summed E-state index contributed by atoms with van der Waals surface area (Å²) in [5.41, 5.74) is 2.11. The third-order valence-corrected chi connectivity index (χ3v) is 3.88. The maximum Gasteiger partial charge on any atom is 0.250 e. The van der Waals surface area contributed by atoms with E-state index in [2.05, 4.69) is 16.0 Å². The van der Waals surface area contributed by atoms with Crippen LogP contribution in [0, 0.1) is 0 Å². The molecule has 0 fully saturated rings. The smallest absolute Gasteiger partial charge is 0.250 e. The van der Waals surface area contributed by atoms with Gasteiger partial charge in [0.1, 0.15) is 5.75 Å². The average Bonchev–Trinajstić information content (AvgIpc) is 2.67. The molecule has 0 saturated carbocycles. The first kappa shape index (κ1) is 21.1. The van der Waals surface area contributed by atoms with E-state index in [0.717, 1.165) is 12.0 Å². The number of thiocarbonyl (C=S) groups is 1. The van der Waals surface area contributed by atoms with E-state index in [1.165, 1.54) is 6.08 Å². The third-order valence-electron chi connectivity index (χ3n) is 3.67. The Kier molecular flexibility index (Phi) is 8.17. The number of ether oxygens (including phenoxy) is 1. The van der Waals surface area contributed by atoms with Gasteiger partial charge in [-0.05, 0) is 49.0 Å². The molecule has 0 radical (unpaired) electrons. The summed E-state index contributed by atoms with van der Waals surface area (Å²) in [6, 6.07) is 14.5. The van der Waals surface area contributed by atoms with Gasteiger partial charge in [-0.3, -0.25) is 14.9 Å². The van der Waals surface area contributed by atoms with Gasteiger partial charge in [0.05, 0.1) is 7.11 Å². The van der Waals surface area contributed by atoms with Crippen LogP contribution in [-0.4, -0.2) is 24.0 Å². The number of carbonyl (C=O) groups excluding carboxylic acids is 2. The van der Waals surface area contributed by atoms with Crippen molar-refractivity contribution in [3.05, 3.63) is 60.2 Å². The van der Waals surface area contributed by atoms with E-state index in [-0.39, 0.29) is 16.9 Å². The molecule has 0 unspecified atom stereocenters. The topological polar surface area (TPSA) is 79.5 Å². The molecular weight excluding hydrogens is 374 g/mol. The number of para-hydroxylation sites is 1. The summed E-state index contributed by atoms with van der Waals surface area (Å²) in [6.07, 6.45) is 4.28. The number of nitrogens with one attached hydrogen (secondary N) is 3. The predicted octanol–water partition coefficient (Wildman–Crippen LogP) is 3.96. The molecule has 3 N–H and O–H groups in total. The summed E-state index contributed by atoms with van der Waals surface area (Å²) in [4.78, 5) is 23.8. The van der Waals surface area contributed by atoms with Crippen LogP contribution in [0.25, 0.3) is 6.08 Å². The zero-order chi connectivity index (χ0) is 20.4. The van der Waals surface area contributed by atoms with Crippen molar-refractivity contribution < 1.29 is 14.3 Å². The van der Waals surface area contributed by atoms with E-state index in [0.29, 0.717) is 23.5 Å². The molecule has 0 aliphatic carbocycles. The van der Waals surface area contributed by atoms with Gasteiger partial charge in [0.2, 0.25) is 11.8 Å². The maximum absolute atomic E-state index is 12.1. The van der Waals surface area contributed by atoms with Crippen LogP contribution < -0.4 is 20.7 Å². The number of amides is 2. The lowest BCUT2D eigenvalue weighted by atomic mass is 10.2. The second-order valence-electron chi connectivity index (χ2n) is 5.90. The highest BCUT2D eigenvalue weighted by molar-refractivity contribution is 7.80. The fraction of sp³-hybridized carbons (Fsp3) is 0.190. The largest absolute Gasteiger partial charge is 0.496 e. The van der Waals surface area contributed by atoms with E-state index < -0.39 is 0 Å². The fourth-order valence-electron chi connectivity index (χ4n) is 2.41. The maximum atomic E-state index is 12.1. The van der Waals surface area contributed by atoms with Crippen LogP contribution in [0.1, 0.15) is 25.3 Å². The van der Waals surface area contributed by atoms with E-state index >= 15 is 0 Å². The Morgan fingerprint density at radius 2 is 1.79 bits per heavy atom. The van der Waals surface area contributed by atoms with Crippen LogP contribution in [0.15, 0.2) is 54.6 Å². The van der Waals surface area contributed by atoms with Crippen LogP contribution >= 0.6 is 12.2 Å². The summed E-state index contributed by atoms with van der Waals surface area (Å²) < 4.78 is 5.24. The van der Waals surface area contributed by atoms with Gasteiger partial charge in [0.15, 0.2) is 5.11 Å². The number of hydrogen-bond acceptors (Lipinski definition) is 4. The highest BCUT2D eigenvalue weighted by Crippen LogP contribution is 2.18. The van der Waals surface area contributed by atoms with Crippen molar-refractivity contribution >= 4 is 46.6 Å². The predicted molar refractivity (Wildman–Crippen MR) is 116 cm³/mol. The molecule has 7 heteroatoms. The molecule has 0 aliphatic rings. The highest BCUT2D eigenvalue weighted by atomic mass is 32.1. The molecule has 2 amide bonds. The quantitative estimate of drug-likeness (QED) is 0.487. The minimum atomic E-state index is -0.365. The summed E-state index contributed by atoms with van der Waals surface area (Å²) in [5.74, 6) is 0.266. The Morgan fingerprint density at radius 1 is 1.07 bits per heavy atom. The molecule has 2 aromatic carbocycles. The summed E-state index contributed by atoms with van der Waals surface area (Å²) in [7, 11) is 1.57. The number of anilines is 2. The molecule has 0 saturated heterocycles. The van der Waals surface area contributed by atoms with Gasteiger partial charge < -0.3 is 15.4 Å². The zero-order valence-corrected chi connectivity index (χ0v) is 16.6. The molecule has 0 aromatic heterocycles. The number of hydrogen-bond donors (Lipinski definition) is 3. The first-order chi connectivity index (χ1) is 13.5. The molecular formula is C21H23N3O3S. The third kappa shape index (κ3) is 6.85. The summed E-state index contributed by atoms with van der Waals surface area (Å²) in [6.45, 7) is 1.95. The molecule has 0 aliphatic heterocycles. The highest BCUT2D eigenvalue weighted by Gasteiger charge is 2.05. The normalized spacial score (nSPS) is 10.4. The van der Waals surface area contributed by atoms with E-state index in [1.807, 2.05) is 31.2 Å². The standard InChI is InChI=1S/C21H23N3O3S/c1-3-7-19(25)22-16-9-6-10-17(14-16)23-21(28)24-20(26)13-12-15-8-4-5-11-18(15)27-2/h4-6,8-14H,3,7H2,1-2H3,(H,22,25)(H2,23,24,26,28)/b13-12+. The zero-order valence-electron chi connectivity index (χ0n) is 15.8. The van der Waals surface area contributed by atoms with Crippen molar-refractivity contribution in [2.24, 2.45) is 0 Å². The number of methoxy groups -OCH3 is 1. The van der Waals surface area contributed by atoms with Crippen molar-refractivity contribution in [1.82, 2.24) is 5.32 Å². The number of rotatable bonds is 7. The van der Waals surface area contributed by atoms with Gasteiger partial charge in [0.25, 0.3) is 0 Å². The first-order valence-corrected chi connectivity index (χ1v) is 9.25. The summed E-state index contributed by atoms with van der Waals surface area (Å²) >= 11 is 5.18. The monoisotopic (exact) mass is 397 g/mol. The molecule has 28 heavy (non-hydrogen) atoms. The SMILES string of the molecule is CCCC(=O)Nc1cccc(NC(=S)NC(=O)/C=C/c2ccccc2OC)c1. The number of benzene rings is 2. The van der Waals surface area contributed by atoms with Crippen LogP contribution in [-0.2, 0) is 9.59 Å². The minimum absolute atomic E-state index is 0.0444. The van der Waals surface area contributed by atoms with Gasteiger partial charge in [-0.2, -0.15) is 0 Å². The van der Waals surface area contributed by atoms with Gasteiger partial charge in [0, 0.05) is 29.4 Å². The molecule has 0 heterocycles. The van der Waals surface area contributed by atoms with E-state index in [1.54, 1.807) is 37.5 Å². The van der Waals surface area contributed by atoms with E-state index in [9.17, 15) is 9.59 Å². The number of carbonyl (C=O) groups is 2.